The van der Waals surface area contributed by atoms with Gasteiger partial charge in [0.1, 0.15) is 18.2 Å². The number of hydrogen-bond acceptors (Lipinski definition) is 3. The van der Waals surface area contributed by atoms with Gasteiger partial charge in [-0.2, -0.15) is 5.10 Å². The van der Waals surface area contributed by atoms with E-state index in [1.165, 1.54) is 12.1 Å². The van der Waals surface area contributed by atoms with Gasteiger partial charge in [0.05, 0.1) is 6.21 Å². The molecule has 24 heavy (non-hydrogen) atoms. The van der Waals surface area contributed by atoms with E-state index in [1.54, 1.807) is 24.4 Å². The standard InChI is InChI=1S/C18H18FN3OS/c1-2-10-20-18(24)22-21-12-15-4-3-5-17(11-15)23-13-14-6-8-16(19)9-7-14/h2-9,11-12H,1,10,13H2,(H2,20,22,24)/b21-12-. The number of thiocarbonyl (C=S) groups is 1. The van der Waals surface area contributed by atoms with Crippen molar-refractivity contribution in [2.45, 2.75) is 6.61 Å². The van der Waals surface area contributed by atoms with Crippen LogP contribution in [0.5, 0.6) is 5.75 Å². The van der Waals surface area contributed by atoms with Crippen molar-refractivity contribution < 1.29 is 9.13 Å². The summed E-state index contributed by atoms with van der Waals surface area (Å²) in [4.78, 5) is 0. The maximum Gasteiger partial charge on any atom is 0.187 e. The maximum absolute atomic E-state index is 12.9. The number of halogens is 1. The van der Waals surface area contributed by atoms with Crippen LogP contribution in [0.1, 0.15) is 11.1 Å². The Bertz CT molecular complexity index is 716. The van der Waals surface area contributed by atoms with Crippen molar-refractivity contribution in [2.24, 2.45) is 5.10 Å². The summed E-state index contributed by atoms with van der Waals surface area (Å²) in [6.45, 7) is 4.54. The molecule has 0 fully saturated rings. The molecule has 2 aromatic carbocycles. The normalized spacial score (nSPS) is 10.4. The number of ether oxygens (including phenoxy) is 1. The number of nitrogens with zero attached hydrogens (tertiary/aromatic N) is 1. The zero-order valence-corrected chi connectivity index (χ0v) is 13.9. The monoisotopic (exact) mass is 343 g/mol. The molecular formula is C18H18FN3OS. The molecule has 0 aliphatic heterocycles. The van der Waals surface area contributed by atoms with E-state index >= 15 is 0 Å². The Morgan fingerprint density at radius 2 is 2.04 bits per heavy atom. The largest absolute Gasteiger partial charge is 0.489 e. The predicted molar refractivity (Wildman–Crippen MR) is 98.7 cm³/mol. The molecule has 0 unspecified atom stereocenters. The van der Waals surface area contributed by atoms with Gasteiger partial charge in [0.2, 0.25) is 0 Å². The summed E-state index contributed by atoms with van der Waals surface area (Å²) in [5.41, 5.74) is 4.48. The van der Waals surface area contributed by atoms with Gasteiger partial charge in [-0.15, -0.1) is 6.58 Å². The van der Waals surface area contributed by atoms with Gasteiger partial charge >= 0.3 is 0 Å². The molecule has 0 spiro atoms. The fourth-order valence-electron chi connectivity index (χ4n) is 1.80. The molecule has 0 aromatic heterocycles. The van der Waals surface area contributed by atoms with Gasteiger partial charge in [-0.25, -0.2) is 4.39 Å². The number of hydrazone groups is 1. The molecule has 4 nitrogen and oxygen atoms in total. The third kappa shape index (κ3) is 6.18. The summed E-state index contributed by atoms with van der Waals surface area (Å²) >= 11 is 5.03. The Labute approximate surface area is 146 Å². The molecule has 6 heteroatoms. The molecule has 0 saturated carbocycles. The van der Waals surface area contributed by atoms with Gasteiger partial charge in [-0.05, 0) is 47.6 Å². The summed E-state index contributed by atoms with van der Waals surface area (Å²) in [7, 11) is 0. The highest BCUT2D eigenvalue weighted by atomic mass is 32.1. The number of rotatable bonds is 7. The van der Waals surface area contributed by atoms with Crippen molar-refractivity contribution in [3.63, 3.8) is 0 Å². The number of benzene rings is 2. The predicted octanol–water partition coefficient (Wildman–Crippen LogP) is 3.39. The smallest absolute Gasteiger partial charge is 0.187 e. The topological polar surface area (TPSA) is 45.7 Å². The Balaban J connectivity index is 1.87. The van der Waals surface area contributed by atoms with Crippen molar-refractivity contribution >= 4 is 23.5 Å². The van der Waals surface area contributed by atoms with Crippen molar-refractivity contribution in [3.05, 3.63) is 78.1 Å². The van der Waals surface area contributed by atoms with Crippen LogP contribution < -0.4 is 15.5 Å². The Morgan fingerprint density at radius 1 is 1.25 bits per heavy atom. The summed E-state index contributed by atoms with van der Waals surface area (Å²) < 4.78 is 18.6. The van der Waals surface area contributed by atoms with Crippen molar-refractivity contribution in [2.75, 3.05) is 6.54 Å². The molecule has 0 aliphatic carbocycles. The van der Waals surface area contributed by atoms with Crippen LogP contribution in [0.2, 0.25) is 0 Å². The molecule has 0 heterocycles. The lowest BCUT2D eigenvalue weighted by atomic mass is 10.2. The SMILES string of the molecule is C=CCNC(=S)N/N=C\c1cccc(OCc2ccc(F)cc2)c1. The van der Waals surface area contributed by atoms with Crippen molar-refractivity contribution in [1.82, 2.24) is 10.7 Å². The third-order valence-corrected chi connectivity index (χ3v) is 3.20. The van der Waals surface area contributed by atoms with Gasteiger partial charge in [0.15, 0.2) is 5.11 Å². The maximum atomic E-state index is 12.9. The molecule has 2 aromatic rings. The molecule has 124 valence electrons. The fraction of sp³-hybridized carbons (Fsp3) is 0.111. The highest BCUT2D eigenvalue weighted by Gasteiger charge is 1.98. The van der Waals surface area contributed by atoms with E-state index in [2.05, 4.69) is 22.4 Å². The lowest BCUT2D eigenvalue weighted by Gasteiger charge is -2.07. The average Bonchev–Trinajstić information content (AvgIpc) is 2.60. The minimum absolute atomic E-state index is 0.259. The second kappa shape index (κ2) is 9.42. The van der Waals surface area contributed by atoms with E-state index in [0.29, 0.717) is 24.0 Å². The van der Waals surface area contributed by atoms with E-state index in [4.69, 9.17) is 17.0 Å². The molecule has 0 radical (unpaired) electrons. The Hall–Kier alpha value is -2.73. The van der Waals surface area contributed by atoms with Crippen LogP contribution in [0, 0.1) is 5.82 Å². The minimum Gasteiger partial charge on any atom is -0.489 e. The highest BCUT2D eigenvalue weighted by Crippen LogP contribution is 2.14. The van der Waals surface area contributed by atoms with Gasteiger partial charge in [0.25, 0.3) is 0 Å². The molecule has 2 rings (SSSR count). The summed E-state index contributed by atoms with van der Waals surface area (Å²) in [6, 6.07) is 13.7. The molecule has 0 atom stereocenters. The number of nitrogens with one attached hydrogen (secondary N) is 2. The summed E-state index contributed by atoms with van der Waals surface area (Å²) in [6.07, 6.45) is 3.35. The van der Waals surface area contributed by atoms with Crippen LogP contribution in [-0.2, 0) is 6.61 Å². The molecule has 0 saturated heterocycles. The van der Waals surface area contributed by atoms with Gasteiger partial charge in [-0.1, -0.05) is 30.3 Å². The van der Waals surface area contributed by atoms with Gasteiger partial charge in [-0.3, -0.25) is 5.43 Å². The summed E-state index contributed by atoms with van der Waals surface area (Å²) in [5, 5.41) is 7.39. The van der Waals surface area contributed by atoms with Crippen LogP contribution in [0.25, 0.3) is 0 Å². The van der Waals surface area contributed by atoms with Crippen LogP contribution in [0.3, 0.4) is 0 Å². The lowest BCUT2D eigenvalue weighted by Crippen LogP contribution is -2.31. The molecule has 2 N–H and O–H groups in total. The molecule has 0 aliphatic rings. The number of hydrogen-bond donors (Lipinski definition) is 2. The van der Waals surface area contributed by atoms with Crippen LogP contribution in [0.4, 0.5) is 4.39 Å². The van der Waals surface area contributed by atoms with E-state index in [1.807, 2.05) is 24.3 Å². The van der Waals surface area contributed by atoms with E-state index in [0.717, 1.165) is 11.1 Å². The molecular weight excluding hydrogens is 325 g/mol. The van der Waals surface area contributed by atoms with Crippen LogP contribution >= 0.6 is 12.2 Å². The average molecular weight is 343 g/mol. The quantitative estimate of drug-likeness (QED) is 0.350. The van der Waals surface area contributed by atoms with Crippen molar-refractivity contribution in [3.8, 4) is 5.75 Å². The van der Waals surface area contributed by atoms with Gasteiger partial charge < -0.3 is 10.1 Å². The highest BCUT2D eigenvalue weighted by molar-refractivity contribution is 7.80. The zero-order chi connectivity index (χ0) is 17.2. The first-order valence-electron chi connectivity index (χ1n) is 7.32. The first kappa shape index (κ1) is 17.6. The van der Waals surface area contributed by atoms with Crippen molar-refractivity contribution in [1.29, 1.82) is 0 Å². The molecule has 0 bridgehead atoms. The third-order valence-electron chi connectivity index (χ3n) is 2.96. The lowest BCUT2D eigenvalue weighted by molar-refractivity contribution is 0.306. The Kier molecular flexibility index (Phi) is 6.91. The Morgan fingerprint density at radius 3 is 2.79 bits per heavy atom. The fourth-order valence-corrected chi connectivity index (χ4v) is 1.94. The second-order valence-corrected chi connectivity index (χ2v) is 5.26. The van der Waals surface area contributed by atoms with E-state index in [-0.39, 0.29) is 5.82 Å². The van der Waals surface area contributed by atoms with Crippen LogP contribution in [-0.4, -0.2) is 17.9 Å². The summed E-state index contributed by atoms with van der Waals surface area (Å²) in [5.74, 6) is 0.445. The molecule has 0 amide bonds. The first-order valence-corrected chi connectivity index (χ1v) is 7.73. The second-order valence-electron chi connectivity index (χ2n) is 4.86. The van der Waals surface area contributed by atoms with E-state index < -0.39 is 0 Å². The first-order chi connectivity index (χ1) is 11.7. The van der Waals surface area contributed by atoms with Crippen LogP contribution in [0.15, 0.2) is 66.3 Å². The van der Waals surface area contributed by atoms with E-state index in [9.17, 15) is 4.39 Å². The minimum atomic E-state index is -0.259. The van der Waals surface area contributed by atoms with Gasteiger partial charge in [0, 0.05) is 6.54 Å². The zero-order valence-electron chi connectivity index (χ0n) is 13.0.